The fraction of sp³-hybridized carbons (Fsp3) is 0.867. The number of amides is 1. The van der Waals surface area contributed by atoms with Crippen LogP contribution in [0.4, 0.5) is 0 Å². The van der Waals surface area contributed by atoms with Gasteiger partial charge in [-0.25, -0.2) is 0 Å². The van der Waals surface area contributed by atoms with Crippen LogP contribution in [0.5, 0.6) is 0 Å². The van der Waals surface area contributed by atoms with Crippen molar-refractivity contribution in [3.05, 3.63) is 6.33 Å². The van der Waals surface area contributed by atoms with Crippen LogP contribution in [0.1, 0.15) is 25.7 Å². The van der Waals surface area contributed by atoms with Crippen molar-refractivity contribution in [3.63, 3.8) is 0 Å². The summed E-state index contributed by atoms with van der Waals surface area (Å²) in [7, 11) is 0. The molecule has 2 fully saturated rings. The molecule has 1 aromatic heterocycles. The van der Waals surface area contributed by atoms with E-state index in [1.807, 2.05) is 4.90 Å². The zero-order chi connectivity index (χ0) is 16.1. The van der Waals surface area contributed by atoms with Crippen molar-refractivity contribution in [2.24, 2.45) is 11.8 Å². The highest BCUT2D eigenvalue weighted by Gasteiger charge is 2.35. The molecule has 8 nitrogen and oxygen atoms in total. The van der Waals surface area contributed by atoms with Crippen LogP contribution in [-0.4, -0.2) is 80.4 Å². The lowest BCUT2D eigenvalue weighted by atomic mass is 9.96. The highest BCUT2D eigenvalue weighted by Crippen LogP contribution is 2.25. The fourth-order valence-electron chi connectivity index (χ4n) is 3.69. The smallest absolute Gasteiger partial charge is 0.246 e. The number of aliphatic hydroxyl groups excluding tert-OH is 1. The van der Waals surface area contributed by atoms with Crippen LogP contribution in [0, 0.1) is 11.8 Å². The van der Waals surface area contributed by atoms with E-state index in [4.69, 9.17) is 0 Å². The van der Waals surface area contributed by atoms with Crippen molar-refractivity contribution in [2.45, 2.75) is 32.2 Å². The monoisotopic (exact) mass is 322 g/mol. The van der Waals surface area contributed by atoms with Crippen molar-refractivity contribution < 1.29 is 9.90 Å². The molecule has 2 saturated heterocycles. The van der Waals surface area contributed by atoms with Gasteiger partial charge in [0.2, 0.25) is 5.91 Å². The number of hydrogen-bond acceptors (Lipinski definition) is 6. The zero-order valence-corrected chi connectivity index (χ0v) is 13.5. The van der Waals surface area contributed by atoms with E-state index in [1.54, 1.807) is 0 Å². The van der Waals surface area contributed by atoms with Crippen LogP contribution in [-0.2, 0) is 11.3 Å². The van der Waals surface area contributed by atoms with E-state index < -0.39 is 0 Å². The summed E-state index contributed by atoms with van der Waals surface area (Å²) >= 11 is 0. The number of hydrogen-bond donors (Lipinski definition) is 1. The highest BCUT2D eigenvalue weighted by atomic mass is 16.3. The van der Waals surface area contributed by atoms with E-state index in [0.717, 1.165) is 26.2 Å². The second-order valence-corrected chi connectivity index (χ2v) is 6.68. The van der Waals surface area contributed by atoms with Gasteiger partial charge in [0, 0.05) is 32.2 Å². The summed E-state index contributed by atoms with van der Waals surface area (Å²) in [4.78, 5) is 18.0. The lowest BCUT2D eigenvalue weighted by Gasteiger charge is -2.26. The number of rotatable bonds is 5. The molecule has 2 atom stereocenters. The Labute approximate surface area is 136 Å². The van der Waals surface area contributed by atoms with Gasteiger partial charge in [0.1, 0.15) is 6.54 Å². The molecule has 23 heavy (non-hydrogen) atoms. The molecule has 0 aromatic carbocycles. The van der Waals surface area contributed by atoms with Gasteiger partial charge in [-0.3, -0.25) is 4.79 Å². The van der Waals surface area contributed by atoms with Gasteiger partial charge in [0.05, 0.1) is 0 Å². The number of carbonyl (C=O) groups is 1. The summed E-state index contributed by atoms with van der Waals surface area (Å²) in [6.45, 7) is 4.88. The van der Waals surface area contributed by atoms with Crippen LogP contribution in [0.2, 0.25) is 0 Å². The molecule has 1 amide bonds. The van der Waals surface area contributed by atoms with Crippen molar-refractivity contribution >= 4 is 5.91 Å². The molecule has 128 valence electrons. The number of aromatic nitrogens is 4. The molecule has 0 bridgehead atoms. The van der Waals surface area contributed by atoms with Gasteiger partial charge in [-0.15, -0.1) is 10.2 Å². The Morgan fingerprint density at radius 2 is 1.87 bits per heavy atom. The van der Waals surface area contributed by atoms with Crippen molar-refractivity contribution in [3.8, 4) is 0 Å². The first-order valence-electron chi connectivity index (χ1n) is 8.58. The molecule has 0 aliphatic carbocycles. The number of likely N-dealkylation sites (tertiary alicyclic amines) is 2. The molecule has 0 spiro atoms. The SMILES string of the molecule is O=C(Cn1ncnn1)N1C[C@@H](CO)[C@@H](CN2CCCCCC2)C1. The second-order valence-electron chi connectivity index (χ2n) is 6.68. The van der Waals surface area contributed by atoms with Crippen molar-refractivity contribution in [1.82, 2.24) is 30.0 Å². The molecular weight excluding hydrogens is 296 g/mol. The minimum atomic E-state index is -0.000170. The maximum absolute atomic E-state index is 12.4. The summed E-state index contributed by atoms with van der Waals surface area (Å²) in [6, 6.07) is 0. The molecule has 0 unspecified atom stereocenters. The summed E-state index contributed by atoms with van der Waals surface area (Å²) in [5.74, 6) is 0.525. The third kappa shape index (κ3) is 4.26. The number of tetrazole rings is 1. The zero-order valence-electron chi connectivity index (χ0n) is 13.5. The van der Waals surface area contributed by atoms with Gasteiger partial charge in [-0.2, -0.15) is 4.80 Å². The Hall–Kier alpha value is -1.54. The third-order valence-corrected chi connectivity index (χ3v) is 5.02. The highest BCUT2D eigenvalue weighted by molar-refractivity contribution is 5.76. The first kappa shape index (κ1) is 16.3. The molecule has 0 saturated carbocycles. The first-order valence-corrected chi connectivity index (χ1v) is 8.58. The Kier molecular flexibility index (Phi) is 5.56. The second kappa shape index (κ2) is 7.83. The van der Waals surface area contributed by atoms with E-state index in [0.29, 0.717) is 12.5 Å². The van der Waals surface area contributed by atoms with Gasteiger partial charge in [-0.05, 0) is 37.1 Å². The van der Waals surface area contributed by atoms with E-state index in [-0.39, 0.29) is 25.0 Å². The lowest BCUT2D eigenvalue weighted by Crippen LogP contribution is -2.35. The summed E-state index contributed by atoms with van der Waals surface area (Å²) in [6.07, 6.45) is 6.49. The van der Waals surface area contributed by atoms with Crippen molar-refractivity contribution in [2.75, 3.05) is 39.3 Å². The molecule has 1 N–H and O–H groups in total. The predicted octanol–water partition coefficient (Wildman–Crippen LogP) is -0.384. The van der Waals surface area contributed by atoms with Crippen LogP contribution in [0.15, 0.2) is 6.33 Å². The Balaban J connectivity index is 1.55. The molecule has 3 heterocycles. The third-order valence-electron chi connectivity index (χ3n) is 5.02. The van der Waals surface area contributed by atoms with E-state index in [2.05, 4.69) is 20.3 Å². The minimum Gasteiger partial charge on any atom is -0.396 e. The van der Waals surface area contributed by atoms with Crippen LogP contribution < -0.4 is 0 Å². The minimum absolute atomic E-state index is 0.000170. The van der Waals surface area contributed by atoms with Crippen molar-refractivity contribution in [1.29, 1.82) is 0 Å². The summed E-state index contributed by atoms with van der Waals surface area (Å²) in [5.41, 5.74) is 0. The van der Waals surface area contributed by atoms with Gasteiger partial charge < -0.3 is 14.9 Å². The lowest BCUT2D eigenvalue weighted by molar-refractivity contribution is -0.131. The average molecular weight is 322 g/mol. The largest absolute Gasteiger partial charge is 0.396 e. The molecule has 0 radical (unpaired) electrons. The Morgan fingerprint density at radius 3 is 2.52 bits per heavy atom. The normalized spacial score (nSPS) is 26.4. The maximum atomic E-state index is 12.4. The number of aliphatic hydroxyl groups is 1. The predicted molar refractivity (Wildman–Crippen MR) is 83.4 cm³/mol. The first-order chi connectivity index (χ1) is 11.3. The van der Waals surface area contributed by atoms with Gasteiger partial charge in [0.15, 0.2) is 6.33 Å². The quantitative estimate of drug-likeness (QED) is 0.795. The topological polar surface area (TPSA) is 87.4 Å². The standard InChI is InChI=1S/C15H26N6O2/c22-11-14-9-20(15(23)10-21-17-12-16-18-21)8-13(14)7-19-5-3-1-2-4-6-19/h12-14,22H,1-11H2/t13-,14-/m0/s1. The average Bonchev–Trinajstić information content (AvgIpc) is 3.12. The van der Waals surface area contributed by atoms with E-state index >= 15 is 0 Å². The van der Waals surface area contributed by atoms with Gasteiger partial charge >= 0.3 is 0 Å². The van der Waals surface area contributed by atoms with Gasteiger partial charge in [0.25, 0.3) is 0 Å². The number of nitrogens with zero attached hydrogens (tertiary/aromatic N) is 6. The molecule has 2 aliphatic heterocycles. The molecule has 1 aromatic rings. The van der Waals surface area contributed by atoms with Crippen LogP contribution in [0.3, 0.4) is 0 Å². The fourth-order valence-corrected chi connectivity index (χ4v) is 3.69. The molecule has 2 aliphatic rings. The molecule has 8 heteroatoms. The Morgan fingerprint density at radius 1 is 1.13 bits per heavy atom. The number of carbonyl (C=O) groups excluding carboxylic acids is 1. The van der Waals surface area contributed by atoms with E-state index in [1.165, 1.54) is 36.8 Å². The maximum Gasteiger partial charge on any atom is 0.246 e. The molecular formula is C15H26N6O2. The Bertz CT molecular complexity index is 486. The van der Waals surface area contributed by atoms with E-state index in [9.17, 15) is 9.90 Å². The van der Waals surface area contributed by atoms with Crippen LogP contribution >= 0.6 is 0 Å². The summed E-state index contributed by atoms with van der Waals surface area (Å²) in [5, 5.41) is 20.9. The van der Waals surface area contributed by atoms with Crippen LogP contribution in [0.25, 0.3) is 0 Å². The summed E-state index contributed by atoms with van der Waals surface area (Å²) < 4.78 is 0. The molecule has 3 rings (SSSR count). The van der Waals surface area contributed by atoms with Gasteiger partial charge in [-0.1, -0.05) is 12.8 Å².